The van der Waals surface area contributed by atoms with Crippen LogP contribution in [0.4, 0.5) is 5.00 Å². The lowest BCUT2D eigenvalue weighted by molar-refractivity contribution is -0.111. The zero-order valence-electron chi connectivity index (χ0n) is 13.9. The maximum Gasteiger partial charge on any atom is 0.339 e. The smallest absolute Gasteiger partial charge is 0.339 e. The fourth-order valence-corrected chi connectivity index (χ4v) is 4.24. The molecule has 0 aliphatic heterocycles. The molecule has 1 amide bonds. The zero-order chi connectivity index (χ0) is 17.8. The van der Waals surface area contributed by atoms with Crippen molar-refractivity contribution in [3.8, 4) is 5.75 Å². The monoisotopic (exact) mass is 357 g/mol. The molecule has 0 atom stereocenters. The third-order valence-corrected chi connectivity index (χ3v) is 5.35. The van der Waals surface area contributed by atoms with Gasteiger partial charge in [0.1, 0.15) is 10.8 Å². The Morgan fingerprint density at radius 1 is 1.28 bits per heavy atom. The number of carboxylic acid groups (broad SMARTS) is 1. The number of amides is 1. The Bertz CT molecular complexity index is 838. The molecule has 2 N–H and O–H groups in total. The van der Waals surface area contributed by atoms with Crippen LogP contribution in [0, 0.1) is 0 Å². The number of aryl methyl sites for hydroxylation is 1. The highest BCUT2D eigenvalue weighted by atomic mass is 32.1. The first-order valence-corrected chi connectivity index (χ1v) is 8.91. The first-order chi connectivity index (χ1) is 12.1. The van der Waals surface area contributed by atoms with E-state index in [9.17, 15) is 14.7 Å². The Labute approximate surface area is 149 Å². The fourth-order valence-electron chi connectivity index (χ4n) is 2.95. The van der Waals surface area contributed by atoms with Crippen molar-refractivity contribution in [1.29, 1.82) is 0 Å². The number of anilines is 1. The summed E-state index contributed by atoms with van der Waals surface area (Å²) >= 11 is 1.38. The van der Waals surface area contributed by atoms with Gasteiger partial charge in [0.05, 0.1) is 12.7 Å². The van der Waals surface area contributed by atoms with Crippen molar-refractivity contribution in [2.75, 3.05) is 12.4 Å². The second-order valence-corrected chi connectivity index (χ2v) is 6.92. The number of nitrogens with one attached hydrogen (secondary N) is 1. The van der Waals surface area contributed by atoms with E-state index < -0.39 is 5.97 Å². The van der Waals surface area contributed by atoms with E-state index in [2.05, 4.69) is 5.32 Å². The van der Waals surface area contributed by atoms with Gasteiger partial charge < -0.3 is 15.2 Å². The van der Waals surface area contributed by atoms with Crippen LogP contribution in [-0.2, 0) is 17.6 Å². The minimum absolute atomic E-state index is 0.253. The summed E-state index contributed by atoms with van der Waals surface area (Å²) in [4.78, 5) is 24.9. The molecule has 0 saturated carbocycles. The first kappa shape index (κ1) is 17.2. The molecule has 25 heavy (non-hydrogen) atoms. The van der Waals surface area contributed by atoms with Gasteiger partial charge in [0.25, 0.3) is 0 Å². The molecule has 0 radical (unpaired) electrons. The summed E-state index contributed by atoms with van der Waals surface area (Å²) in [5, 5.41) is 12.7. The minimum atomic E-state index is -0.980. The van der Waals surface area contributed by atoms with E-state index in [4.69, 9.17) is 4.74 Å². The second kappa shape index (κ2) is 7.53. The third kappa shape index (κ3) is 3.91. The molecule has 0 unspecified atom stereocenters. The van der Waals surface area contributed by atoms with Crippen molar-refractivity contribution in [1.82, 2.24) is 0 Å². The van der Waals surface area contributed by atoms with Crippen LogP contribution in [0.3, 0.4) is 0 Å². The largest absolute Gasteiger partial charge is 0.497 e. The van der Waals surface area contributed by atoms with Gasteiger partial charge in [-0.2, -0.15) is 0 Å². The molecule has 0 fully saturated rings. The van der Waals surface area contributed by atoms with Crippen LogP contribution >= 0.6 is 11.3 Å². The van der Waals surface area contributed by atoms with Crippen molar-refractivity contribution in [3.05, 3.63) is 51.9 Å². The summed E-state index contributed by atoms with van der Waals surface area (Å²) in [7, 11) is 1.58. The predicted octanol–water partition coefficient (Wildman–Crippen LogP) is 3.99. The van der Waals surface area contributed by atoms with Crippen molar-refractivity contribution in [3.63, 3.8) is 0 Å². The van der Waals surface area contributed by atoms with Gasteiger partial charge >= 0.3 is 5.97 Å². The quantitative estimate of drug-likeness (QED) is 0.794. The Morgan fingerprint density at radius 2 is 2.08 bits per heavy atom. The number of carbonyl (C=O) groups is 2. The summed E-state index contributed by atoms with van der Waals surface area (Å²) < 4.78 is 5.15. The highest BCUT2D eigenvalue weighted by Gasteiger charge is 2.25. The Hall–Kier alpha value is -2.60. The normalized spacial score (nSPS) is 13.5. The molecule has 5 nitrogen and oxygen atoms in total. The molecule has 6 heteroatoms. The first-order valence-electron chi connectivity index (χ1n) is 8.09. The van der Waals surface area contributed by atoms with E-state index in [1.54, 1.807) is 13.2 Å². The van der Waals surface area contributed by atoms with Crippen LogP contribution in [-0.4, -0.2) is 24.1 Å². The Kier molecular flexibility index (Phi) is 5.19. The van der Waals surface area contributed by atoms with Crippen LogP contribution in [0.1, 0.15) is 39.2 Å². The van der Waals surface area contributed by atoms with Crippen molar-refractivity contribution < 1.29 is 19.4 Å². The van der Waals surface area contributed by atoms with Crippen molar-refractivity contribution in [2.24, 2.45) is 0 Å². The van der Waals surface area contributed by atoms with E-state index >= 15 is 0 Å². The molecular formula is C19H19NO4S. The number of hydrogen-bond donors (Lipinski definition) is 2. The van der Waals surface area contributed by atoms with Crippen LogP contribution in [0.25, 0.3) is 6.08 Å². The number of methoxy groups -OCH3 is 1. The van der Waals surface area contributed by atoms with Crippen LogP contribution in [0.2, 0.25) is 0 Å². The van der Waals surface area contributed by atoms with Gasteiger partial charge in [0.15, 0.2) is 0 Å². The van der Waals surface area contributed by atoms with Gasteiger partial charge in [-0.15, -0.1) is 11.3 Å². The molecule has 0 bridgehead atoms. The Morgan fingerprint density at radius 3 is 2.84 bits per heavy atom. The lowest BCUT2D eigenvalue weighted by atomic mass is 9.95. The number of hydrogen-bond acceptors (Lipinski definition) is 4. The summed E-state index contributed by atoms with van der Waals surface area (Å²) in [5.74, 6) is -0.614. The number of fused-ring (bicyclic) bond motifs is 1. The molecule has 1 aromatic carbocycles. The maximum atomic E-state index is 12.2. The van der Waals surface area contributed by atoms with Gasteiger partial charge in [0.2, 0.25) is 5.91 Å². The van der Waals surface area contributed by atoms with Crippen LogP contribution in [0.5, 0.6) is 5.75 Å². The molecule has 1 aliphatic rings. The van der Waals surface area contributed by atoms with Crippen LogP contribution < -0.4 is 10.1 Å². The summed E-state index contributed by atoms with van der Waals surface area (Å²) in [6.07, 6.45) is 6.78. The second-order valence-electron chi connectivity index (χ2n) is 5.82. The summed E-state index contributed by atoms with van der Waals surface area (Å²) in [5.41, 5.74) is 1.97. The molecule has 0 saturated heterocycles. The summed E-state index contributed by atoms with van der Waals surface area (Å²) in [6, 6.07) is 7.34. The SMILES string of the molecule is COc1cccc(/C=C/C(=O)Nc2sc3c(c2C(=O)O)CCCC3)c1. The van der Waals surface area contributed by atoms with Crippen molar-refractivity contribution >= 4 is 34.3 Å². The zero-order valence-corrected chi connectivity index (χ0v) is 14.7. The average molecular weight is 357 g/mol. The van der Waals surface area contributed by atoms with Gasteiger partial charge in [-0.05, 0) is 55.0 Å². The minimum Gasteiger partial charge on any atom is -0.497 e. The third-order valence-electron chi connectivity index (χ3n) is 4.14. The Balaban J connectivity index is 1.77. The fraction of sp³-hybridized carbons (Fsp3) is 0.263. The van der Waals surface area contributed by atoms with E-state index in [1.165, 1.54) is 17.4 Å². The molecule has 2 aromatic rings. The topological polar surface area (TPSA) is 75.6 Å². The molecule has 3 rings (SSSR count). The van der Waals surface area contributed by atoms with E-state index in [0.29, 0.717) is 10.8 Å². The number of benzene rings is 1. The predicted molar refractivity (Wildman–Crippen MR) is 98.6 cm³/mol. The molecule has 1 heterocycles. The lowest BCUT2D eigenvalue weighted by Gasteiger charge is -2.10. The molecule has 1 aromatic heterocycles. The summed E-state index contributed by atoms with van der Waals surface area (Å²) in [6.45, 7) is 0. The number of thiophene rings is 1. The van der Waals surface area contributed by atoms with Gasteiger partial charge in [-0.25, -0.2) is 4.79 Å². The van der Waals surface area contributed by atoms with Gasteiger partial charge in [0, 0.05) is 11.0 Å². The van der Waals surface area contributed by atoms with Gasteiger partial charge in [-0.1, -0.05) is 12.1 Å². The highest BCUT2D eigenvalue weighted by Crippen LogP contribution is 2.38. The molecule has 130 valence electrons. The molecule has 1 aliphatic carbocycles. The van der Waals surface area contributed by atoms with Crippen LogP contribution in [0.15, 0.2) is 30.3 Å². The van der Waals surface area contributed by atoms with E-state index in [-0.39, 0.29) is 11.5 Å². The number of aromatic carboxylic acids is 1. The van der Waals surface area contributed by atoms with Crippen molar-refractivity contribution in [2.45, 2.75) is 25.7 Å². The standard InChI is InChI=1S/C19H19NO4S/c1-24-13-6-4-5-12(11-13)9-10-16(21)20-18-17(19(22)23)14-7-2-3-8-15(14)25-18/h4-6,9-11H,2-3,7-8H2,1H3,(H,20,21)(H,22,23)/b10-9+. The van der Waals surface area contributed by atoms with Gasteiger partial charge in [-0.3, -0.25) is 4.79 Å². The molecular weight excluding hydrogens is 338 g/mol. The van der Waals surface area contributed by atoms with E-state index in [0.717, 1.165) is 41.7 Å². The molecule has 0 spiro atoms. The van der Waals surface area contributed by atoms with E-state index in [1.807, 2.05) is 24.3 Å². The number of ether oxygens (including phenoxy) is 1. The highest BCUT2D eigenvalue weighted by molar-refractivity contribution is 7.17. The number of carboxylic acids is 1. The number of rotatable bonds is 5. The number of carbonyl (C=O) groups excluding carboxylic acids is 1. The average Bonchev–Trinajstić information content (AvgIpc) is 2.98. The lowest BCUT2D eigenvalue weighted by Crippen LogP contribution is -2.11. The maximum absolute atomic E-state index is 12.2.